The van der Waals surface area contributed by atoms with Crippen LogP contribution in [0, 0.1) is 0 Å². The molecule has 12 rings (SSSR count). The van der Waals surface area contributed by atoms with Gasteiger partial charge in [-0.1, -0.05) is 164 Å². The molecule has 3 heterocycles. The molecule has 0 fully saturated rings. The third-order valence-corrected chi connectivity index (χ3v) is 12.4. The second-order valence-corrected chi connectivity index (χ2v) is 15.4. The molecular formula is C51H30N4S. The zero-order valence-electron chi connectivity index (χ0n) is 30.0. The van der Waals surface area contributed by atoms with Gasteiger partial charge in [0.05, 0.1) is 11.0 Å². The normalized spacial score (nSPS) is 11.9. The van der Waals surface area contributed by atoms with Crippen molar-refractivity contribution in [3.63, 3.8) is 0 Å². The fourth-order valence-electron chi connectivity index (χ4n) is 8.74. The lowest BCUT2D eigenvalue weighted by Gasteiger charge is -2.13. The molecule has 0 unspecified atom stereocenters. The van der Waals surface area contributed by atoms with Crippen molar-refractivity contribution >= 4 is 85.6 Å². The fourth-order valence-corrected chi connectivity index (χ4v) is 9.98. The van der Waals surface area contributed by atoms with Crippen LogP contribution in [-0.4, -0.2) is 19.5 Å². The molecule has 0 aliphatic heterocycles. The first-order valence-corrected chi connectivity index (χ1v) is 19.7. The molecule has 9 aromatic carbocycles. The second kappa shape index (κ2) is 12.2. The molecule has 0 aliphatic rings. The van der Waals surface area contributed by atoms with E-state index in [-0.39, 0.29) is 0 Å². The Bertz CT molecular complexity index is 3470. The Hall–Kier alpha value is -7.21. The summed E-state index contributed by atoms with van der Waals surface area (Å²) in [6, 6.07) is 64.8. The van der Waals surface area contributed by atoms with Crippen LogP contribution in [-0.2, 0) is 0 Å². The number of benzene rings is 9. The van der Waals surface area contributed by atoms with E-state index in [9.17, 15) is 0 Å². The third-order valence-electron chi connectivity index (χ3n) is 11.2. The van der Waals surface area contributed by atoms with Gasteiger partial charge in [0.25, 0.3) is 0 Å². The maximum Gasteiger partial charge on any atom is 0.238 e. The molecule has 0 spiro atoms. The summed E-state index contributed by atoms with van der Waals surface area (Å²) >= 11 is 1.87. The van der Waals surface area contributed by atoms with Crippen LogP contribution in [0.15, 0.2) is 182 Å². The molecule has 5 heteroatoms. The Morgan fingerprint density at radius 3 is 1.73 bits per heavy atom. The lowest BCUT2D eigenvalue weighted by molar-refractivity contribution is 0.955. The molecule has 0 saturated heterocycles. The summed E-state index contributed by atoms with van der Waals surface area (Å²) in [5, 5.41) is 12.2. The summed E-state index contributed by atoms with van der Waals surface area (Å²) in [6.07, 6.45) is 0. The first-order valence-electron chi connectivity index (χ1n) is 18.9. The minimum atomic E-state index is 0.592. The highest BCUT2D eigenvalue weighted by molar-refractivity contribution is 7.26. The van der Waals surface area contributed by atoms with Crippen LogP contribution >= 0.6 is 11.3 Å². The number of hydrogen-bond acceptors (Lipinski definition) is 4. The topological polar surface area (TPSA) is 43.6 Å². The first kappa shape index (κ1) is 31.2. The summed E-state index contributed by atoms with van der Waals surface area (Å²) in [4.78, 5) is 15.7. The minimum absolute atomic E-state index is 0.592. The zero-order chi connectivity index (χ0) is 36.7. The largest absolute Gasteiger partial charge is 0.277 e. The smallest absolute Gasteiger partial charge is 0.238 e. The molecule has 0 atom stereocenters. The molecule has 260 valence electrons. The Morgan fingerprint density at radius 1 is 0.393 bits per heavy atom. The Kier molecular flexibility index (Phi) is 6.76. The van der Waals surface area contributed by atoms with Crippen molar-refractivity contribution in [2.24, 2.45) is 0 Å². The van der Waals surface area contributed by atoms with Crippen LogP contribution < -0.4 is 0 Å². The molecule has 0 N–H and O–H groups in total. The van der Waals surface area contributed by atoms with E-state index in [4.69, 9.17) is 15.0 Å². The second-order valence-electron chi connectivity index (χ2n) is 14.3. The number of rotatable bonds is 4. The standard InChI is InChI=1S/C51H30N4S/c1-3-15-32(16-4-1)49-52-50(33-17-5-2-6-18-33)54-51(53-49)55-42-28-29-43-44(46(42)45-39-22-11-9-20-37(39)38-21-10-12-23-40(38)47(45)55)41-25-13-24-36(48(41)56-43)35-27-26-31-14-7-8-19-34(31)30-35/h1-30H. The summed E-state index contributed by atoms with van der Waals surface area (Å²) in [5.41, 5.74) is 6.51. The van der Waals surface area contributed by atoms with Crippen molar-refractivity contribution in [3.8, 4) is 39.9 Å². The van der Waals surface area contributed by atoms with Gasteiger partial charge in [0.1, 0.15) is 0 Å². The van der Waals surface area contributed by atoms with Crippen LogP contribution in [0.3, 0.4) is 0 Å². The van der Waals surface area contributed by atoms with Gasteiger partial charge in [-0.05, 0) is 56.3 Å². The minimum Gasteiger partial charge on any atom is -0.277 e. The van der Waals surface area contributed by atoms with E-state index in [1.807, 2.05) is 47.7 Å². The molecule has 12 aromatic rings. The SMILES string of the molecule is c1ccc(-c2nc(-c3ccccc3)nc(-n3c4ccc5sc6c(-c7ccc8ccccc8c7)cccc6c5c4c4c5ccccc5c5ccccc5c43)n2)cc1. The lowest BCUT2D eigenvalue weighted by Crippen LogP contribution is -2.06. The number of hydrogen-bond donors (Lipinski definition) is 0. The van der Waals surface area contributed by atoms with Gasteiger partial charge in [-0.25, -0.2) is 4.98 Å². The Labute approximate surface area is 325 Å². The Balaban J connectivity index is 1.26. The van der Waals surface area contributed by atoms with E-state index < -0.39 is 0 Å². The van der Waals surface area contributed by atoms with Crippen molar-refractivity contribution in [2.75, 3.05) is 0 Å². The highest BCUT2D eigenvalue weighted by atomic mass is 32.1. The molecule has 56 heavy (non-hydrogen) atoms. The molecule has 3 aromatic heterocycles. The maximum atomic E-state index is 5.31. The number of thiophene rings is 1. The average molecular weight is 731 g/mol. The number of aromatic nitrogens is 4. The zero-order valence-corrected chi connectivity index (χ0v) is 30.8. The van der Waals surface area contributed by atoms with Gasteiger partial charge in [-0.3, -0.25) is 4.57 Å². The quantitative estimate of drug-likeness (QED) is 0.169. The monoisotopic (exact) mass is 730 g/mol. The maximum absolute atomic E-state index is 5.31. The summed E-state index contributed by atoms with van der Waals surface area (Å²) < 4.78 is 4.84. The van der Waals surface area contributed by atoms with E-state index in [0.29, 0.717) is 17.6 Å². The highest BCUT2D eigenvalue weighted by Crippen LogP contribution is 2.49. The molecule has 0 amide bonds. The summed E-state index contributed by atoms with van der Waals surface area (Å²) in [5.74, 6) is 1.86. The predicted octanol–water partition coefficient (Wildman–Crippen LogP) is 13.8. The van der Waals surface area contributed by atoms with Crippen molar-refractivity contribution < 1.29 is 0 Å². The number of fused-ring (bicyclic) bond motifs is 13. The molecule has 0 radical (unpaired) electrons. The van der Waals surface area contributed by atoms with Crippen LogP contribution in [0.4, 0.5) is 0 Å². The molecule has 4 nitrogen and oxygen atoms in total. The molecule has 0 aliphatic carbocycles. The van der Waals surface area contributed by atoms with Gasteiger partial charge in [0.2, 0.25) is 5.95 Å². The molecular weight excluding hydrogens is 701 g/mol. The third kappa shape index (κ3) is 4.62. The van der Waals surface area contributed by atoms with E-state index in [1.54, 1.807) is 0 Å². The predicted molar refractivity (Wildman–Crippen MR) is 236 cm³/mol. The van der Waals surface area contributed by atoms with E-state index in [2.05, 4.69) is 150 Å². The van der Waals surface area contributed by atoms with Crippen LogP contribution in [0.5, 0.6) is 0 Å². The van der Waals surface area contributed by atoms with Gasteiger partial charge < -0.3 is 0 Å². The van der Waals surface area contributed by atoms with Crippen molar-refractivity contribution in [1.82, 2.24) is 19.5 Å². The van der Waals surface area contributed by atoms with Crippen molar-refractivity contribution in [2.45, 2.75) is 0 Å². The summed E-state index contributed by atoms with van der Waals surface area (Å²) in [7, 11) is 0. The van der Waals surface area contributed by atoms with Crippen LogP contribution in [0.2, 0.25) is 0 Å². The number of nitrogens with zero attached hydrogens (tertiary/aromatic N) is 4. The molecule has 0 bridgehead atoms. The lowest BCUT2D eigenvalue weighted by atomic mass is 9.95. The van der Waals surface area contributed by atoms with E-state index >= 15 is 0 Å². The Morgan fingerprint density at radius 2 is 1.00 bits per heavy atom. The van der Waals surface area contributed by atoms with Crippen molar-refractivity contribution in [3.05, 3.63) is 182 Å². The van der Waals surface area contributed by atoms with Gasteiger partial charge in [0, 0.05) is 47.5 Å². The van der Waals surface area contributed by atoms with Crippen LogP contribution in [0.1, 0.15) is 0 Å². The van der Waals surface area contributed by atoms with Gasteiger partial charge in [0.15, 0.2) is 11.6 Å². The van der Waals surface area contributed by atoms with Crippen LogP contribution in [0.25, 0.3) is 114 Å². The fraction of sp³-hybridized carbons (Fsp3) is 0. The van der Waals surface area contributed by atoms with Gasteiger partial charge in [-0.2, -0.15) is 9.97 Å². The van der Waals surface area contributed by atoms with E-state index in [1.165, 1.54) is 69.0 Å². The first-order chi connectivity index (χ1) is 27.8. The average Bonchev–Trinajstić information content (AvgIpc) is 3.83. The van der Waals surface area contributed by atoms with E-state index in [0.717, 1.165) is 27.5 Å². The van der Waals surface area contributed by atoms with Gasteiger partial charge >= 0.3 is 0 Å². The highest BCUT2D eigenvalue weighted by Gasteiger charge is 2.25. The molecule has 0 saturated carbocycles. The summed E-state index contributed by atoms with van der Waals surface area (Å²) in [6.45, 7) is 0. The van der Waals surface area contributed by atoms with Crippen molar-refractivity contribution in [1.29, 1.82) is 0 Å². The van der Waals surface area contributed by atoms with Gasteiger partial charge in [-0.15, -0.1) is 11.3 Å².